The van der Waals surface area contributed by atoms with Crippen LogP contribution in [0.15, 0.2) is 0 Å². The number of hydrogen-bond donors (Lipinski definition) is 0. The fourth-order valence-corrected chi connectivity index (χ4v) is 1.56. The molecule has 122 valence electrons. The molecule has 0 aliphatic carbocycles. The number of hydrogen-bond acceptors (Lipinski definition) is 6. The second kappa shape index (κ2) is 8.05. The van der Waals surface area contributed by atoms with Crippen molar-refractivity contribution in [1.82, 2.24) is 0 Å². The molecule has 0 atom stereocenters. The normalized spacial score (nSPS) is 14.8. The Morgan fingerprint density at radius 1 is 0.545 bits per heavy atom. The van der Waals surface area contributed by atoms with E-state index in [0.717, 1.165) is 0 Å². The molecule has 0 aromatic heterocycles. The molecule has 0 fully saturated rings. The molecule has 0 rings (SSSR count). The van der Waals surface area contributed by atoms with Crippen molar-refractivity contribution in [1.29, 1.82) is 0 Å². The molecule has 0 amide bonds. The molecule has 22 heavy (non-hydrogen) atoms. The van der Waals surface area contributed by atoms with Gasteiger partial charge in [-0.15, -0.1) is 0 Å². The molecule has 0 aromatic carbocycles. The molecule has 0 saturated carbocycles. The molecule has 18 heteroatoms. The van der Waals surface area contributed by atoms with E-state index in [2.05, 4.69) is 0 Å². The molecule has 0 bridgehead atoms. The first kappa shape index (κ1) is 29.3. The average molecular weight is 438 g/mol. The summed E-state index contributed by atoms with van der Waals surface area (Å²) in [4.78, 5) is 0. The maximum atomic E-state index is 12.5. The summed E-state index contributed by atoms with van der Waals surface area (Å²) >= 11 is 0. The van der Waals surface area contributed by atoms with Crippen LogP contribution in [-0.2, 0) is 20.2 Å². The third kappa shape index (κ3) is 4.62. The Kier molecular flexibility index (Phi) is 10.7. The van der Waals surface area contributed by atoms with Crippen molar-refractivity contribution in [2.24, 2.45) is 0 Å². The monoisotopic (exact) mass is 438 g/mol. The first-order chi connectivity index (χ1) is 8.25. The Labute approximate surface area is 202 Å². The van der Waals surface area contributed by atoms with Crippen LogP contribution in [0.5, 0.6) is 0 Å². The van der Waals surface area contributed by atoms with Crippen molar-refractivity contribution in [3.8, 4) is 0 Å². The number of alkyl halides is 8. The summed E-state index contributed by atoms with van der Waals surface area (Å²) in [6.45, 7) is 0. The van der Waals surface area contributed by atoms with Gasteiger partial charge in [0.25, 0.3) is 0 Å². The van der Waals surface area contributed by atoms with Crippen molar-refractivity contribution in [3.05, 3.63) is 0 Å². The van der Waals surface area contributed by atoms with Crippen molar-refractivity contribution in [3.63, 3.8) is 0 Å². The Balaban J connectivity index is -0.00000180. The van der Waals surface area contributed by atoms with Crippen LogP contribution >= 0.6 is 0 Å². The maximum Gasteiger partial charge on any atom is 1.00 e. The largest absolute Gasteiger partial charge is 1.00 e. The standard InChI is InChI=1S/C4H2F8O6S2.2K/c5-1(6,3(9,10)19(13,14)15)2(7,8)4(11,12)20(16,17)18;;/h(H,13,14,15)(H,16,17,18);;/q;2*+1/p-2. The second-order valence-corrected chi connectivity index (χ2v) is 5.93. The fraction of sp³-hybridized carbons (Fsp3) is 1.00. The summed E-state index contributed by atoms with van der Waals surface area (Å²) in [6.07, 6.45) is 0. The summed E-state index contributed by atoms with van der Waals surface area (Å²) in [6, 6.07) is 0. The molecule has 0 heterocycles. The van der Waals surface area contributed by atoms with E-state index in [4.69, 9.17) is 0 Å². The van der Waals surface area contributed by atoms with E-state index in [0.29, 0.717) is 0 Å². The third-order valence-electron chi connectivity index (χ3n) is 1.75. The molecule has 0 aromatic rings. The van der Waals surface area contributed by atoms with Gasteiger partial charge in [0.05, 0.1) is 0 Å². The minimum absolute atomic E-state index is 0. The van der Waals surface area contributed by atoms with Crippen molar-refractivity contribution in [2.75, 3.05) is 0 Å². The first-order valence-corrected chi connectivity index (χ1v) is 6.49. The smallest absolute Gasteiger partial charge is 0.743 e. The van der Waals surface area contributed by atoms with Gasteiger partial charge in [0, 0.05) is 0 Å². The maximum absolute atomic E-state index is 12.5. The minimum atomic E-state index is -7.68. The zero-order valence-electron chi connectivity index (χ0n) is 10.3. The van der Waals surface area contributed by atoms with E-state index in [1.165, 1.54) is 0 Å². The van der Waals surface area contributed by atoms with Gasteiger partial charge in [-0.3, -0.25) is 0 Å². The van der Waals surface area contributed by atoms with Crippen LogP contribution in [0.4, 0.5) is 35.1 Å². The van der Waals surface area contributed by atoms with Crippen LogP contribution in [-0.4, -0.2) is 48.3 Å². The van der Waals surface area contributed by atoms with Crippen LogP contribution in [0, 0.1) is 0 Å². The van der Waals surface area contributed by atoms with Gasteiger partial charge >= 0.3 is 125 Å². The summed E-state index contributed by atoms with van der Waals surface area (Å²) in [5, 5.41) is -14.6. The second-order valence-electron chi connectivity index (χ2n) is 3.09. The van der Waals surface area contributed by atoms with Crippen molar-refractivity contribution in [2.45, 2.75) is 22.4 Å². The molecule has 0 N–H and O–H groups in total. The first-order valence-electron chi connectivity index (χ1n) is 3.67. The Hall–Kier alpha value is 2.53. The molecular formula is C4F8K2O6S2. The third-order valence-corrected chi connectivity index (χ3v) is 3.52. The van der Waals surface area contributed by atoms with Gasteiger partial charge in [-0.05, 0) is 0 Å². The Bertz CT molecular complexity index is 546. The number of rotatable bonds is 5. The molecule has 0 radical (unpaired) electrons. The van der Waals surface area contributed by atoms with Gasteiger partial charge in [0.15, 0.2) is 20.2 Å². The fourth-order valence-electron chi connectivity index (χ4n) is 0.680. The molecule has 6 nitrogen and oxygen atoms in total. The average Bonchev–Trinajstić information content (AvgIpc) is 2.12. The van der Waals surface area contributed by atoms with Crippen molar-refractivity contribution < 1.29 is 164 Å². The van der Waals surface area contributed by atoms with Gasteiger partial charge in [-0.1, -0.05) is 0 Å². The van der Waals surface area contributed by atoms with Crippen LogP contribution < -0.4 is 103 Å². The number of halogens is 8. The van der Waals surface area contributed by atoms with E-state index in [9.17, 15) is 61.1 Å². The van der Waals surface area contributed by atoms with E-state index >= 15 is 0 Å². The molecule has 0 aliphatic rings. The zero-order chi connectivity index (χ0) is 17.0. The van der Waals surface area contributed by atoms with Gasteiger partial charge in [-0.2, -0.15) is 35.1 Å². The Morgan fingerprint density at radius 2 is 0.682 bits per heavy atom. The van der Waals surface area contributed by atoms with E-state index in [1.54, 1.807) is 0 Å². The topological polar surface area (TPSA) is 114 Å². The molecule has 0 aliphatic heterocycles. The molecule has 0 unspecified atom stereocenters. The quantitative estimate of drug-likeness (QED) is 0.241. The van der Waals surface area contributed by atoms with Crippen LogP contribution in [0.25, 0.3) is 0 Å². The molecule has 0 saturated heterocycles. The summed E-state index contributed by atoms with van der Waals surface area (Å²) < 4.78 is 158. The van der Waals surface area contributed by atoms with Crippen LogP contribution in [0.3, 0.4) is 0 Å². The molecular weight excluding hydrogens is 438 g/mol. The van der Waals surface area contributed by atoms with Gasteiger partial charge < -0.3 is 9.11 Å². The van der Waals surface area contributed by atoms with Gasteiger partial charge in [0.1, 0.15) is 0 Å². The zero-order valence-corrected chi connectivity index (χ0v) is 18.2. The predicted octanol–water partition coefficient (Wildman–Crippen LogP) is -5.46. The van der Waals surface area contributed by atoms with E-state index in [-0.39, 0.29) is 103 Å². The molecule has 0 spiro atoms. The summed E-state index contributed by atoms with van der Waals surface area (Å²) in [5.41, 5.74) is 0. The van der Waals surface area contributed by atoms with Gasteiger partial charge in [0.2, 0.25) is 0 Å². The summed E-state index contributed by atoms with van der Waals surface area (Å²) in [5.74, 6) is -15.4. The minimum Gasteiger partial charge on any atom is -0.743 e. The van der Waals surface area contributed by atoms with Crippen LogP contribution in [0.1, 0.15) is 0 Å². The van der Waals surface area contributed by atoms with Crippen LogP contribution in [0.2, 0.25) is 0 Å². The summed E-state index contributed by atoms with van der Waals surface area (Å²) in [7, 11) is -15.2. The van der Waals surface area contributed by atoms with E-state index in [1.807, 2.05) is 0 Å². The SMILES string of the molecule is O=S(=O)([O-])C(F)(F)C(F)(F)C(F)(F)C(F)(F)S(=O)(=O)[O-].[K+].[K+]. The van der Waals surface area contributed by atoms with Crippen molar-refractivity contribution >= 4 is 20.2 Å². The predicted molar refractivity (Wildman–Crippen MR) is 39.2 cm³/mol. The van der Waals surface area contributed by atoms with E-state index < -0.39 is 42.6 Å². The van der Waals surface area contributed by atoms with Gasteiger partial charge in [-0.25, -0.2) is 16.8 Å². The Morgan fingerprint density at radius 3 is 0.773 bits per heavy atom.